The van der Waals surface area contributed by atoms with E-state index in [-0.39, 0.29) is 5.78 Å². The van der Waals surface area contributed by atoms with Gasteiger partial charge in [0.15, 0.2) is 5.78 Å². The highest BCUT2D eigenvalue weighted by Gasteiger charge is 2.17. The van der Waals surface area contributed by atoms with Gasteiger partial charge in [-0.05, 0) is 44.0 Å². The molecule has 3 nitrogen and oxygen atoms in total. The number of ketones is 1. The van der Waals surface area contributed by atoms with Gasteiger partial charge in [-0.2, -0.15) is 0 Å². The van der Waals surface area contributed by atoms with Crippen molar-refractivity contribution in [2.24, 2.45) is 5.92 Å². The fraction of sp³-hybridized carbons (Fsp3) is 0.562. The van der Waals surface area contributed by atoms with E-state index in [1.165, 1.54) is 6.42 Å². The molecule has 1 saturated heterocycles. The zero-order chi connectivity index (χ0) is 15.2. The summed E-state index contributed by atoms with van der Waals surface area (Å²) in [5.41, 5.74) is 0.606. The summed E-state index contributed by atoms with van der Waals surface area (Å²) >= 11 is 9.46. The van der Waals surface area contributed by atoms with Gasteiger partial charge < -0.3 is 9.64 Å². The number of carbonyl (C=O) groups is 1. The Hall–Kier alpha value is -0.420. The molecule has 21 heavy (non-hydrogen) atoms. The average molecular weight is 375 g/mol. The van der Waals surface area contributed by atoms with Gasteiger partial charge in [-0.25, -0.2) is 0 Å². The lowest BCUT2D eigenvalue weighted by molar-refractivity contribution is 0.0418. The molecule has 5 heteroatoms. The minimum Gasteiger partial charge on any atom is -0.381 e. The third-order valence-electron chi connectivity index (χ3n) is 3.78. The van der Waals surface area contributed by atoms with Crippen LogP contribution < -0.4 is 0 Å². The first kappa shape index (κ1) is 16.9. The van der Waals surface area contributed by atoms with E-state index >= 15 is 0 Å². The van der Waals surface area contributed by atoms with E-state index in [2.05, 4.69) is 27.9 Å². The van der Waals surface area contributed by atoms with Crippen molar-refractivity contribution in [1.82, 2.24) is 4.90 Å². The van der Waals surface area contributed by atoms with E-state index in [1.54, 1.807) is 12.1 Å². The highest BCUT2D eigenvalue weighted by atomic mass is 79.9. The van der Waals surface area contributed by atoms with Gasteiger partial charge in [0.2, 0.25) is 0 Å². The first-order valence-electron chi connectivity index (χ1n) is 7.31. The smallest absolute Gasteiger partial charge is 0.165 e. The highest BCUT2D eigenvalue weighted by Crippen LogP contribution is 2.22. The van der Waals surface area contributed by atoms with E-state index in [0.29, 0.717) is 22.9 Å². The number of ether oxygens (including phenoxy) is 1. The monoisotopic (exact) mass is 373 g/mol. The van der Waals surface area contributed by atoms with Crippen molar-refractivity contribution in [2.45, 2.75) is 19.3 Å². The van der Waals surface area contributed by atoms with Crippen LogP contribution in [0.1, 0.15) is 29.6 Å². The Morgan fingerprint density at radius 2 is 2.33 bits per heavy atom. The Labute approximate surface area is 139 Å². The summed E-state index contributed by atoms with van der Waals surface area (Å²) < 4.78 is 6.38. The molecule has 0 spiro atoms. The molecule has 1 unspecified atom stereocenters. The second-order valence-electron chi connectivity index (χ2n) is 5.64. The van der Waals surface area contributed by atoms with Gasteiger partial charge >= 0.3 is 0 Å². The Kier molecular flexibility index (Phi) is 6.68. The second kappa shape index (κ2) is 8.28. The second-order valence-corrected chi connectivity index (χ2v) is 6.97. The molecule has 1 aliphatic rings. The molecule has 1 atom stereocenters. The highest BCUT2D eigenvalue weighted by molar-refractivity contribution is 9.10. The maximum Gasteiger partial charge on any atom is 0.165 e. The van der Waals surface area contributed by atoms with Crippen LogP contribution in [0.3, 0.4) is 0 Å². The fourth-order valence-electron chi connectivity index (χ4n) is 2.63. The number of nitrogens with zero attached hydrogens (tertiary/aromatic N) is 1. The molecular weight excluding hydrogens is 354 g/mol. The topological polar surface area (TPSA) is 29.5 Å². The van der Waals surface area contributed by atoms with Gasteiger partial charge in [0.1, 0.15) is 0 Å². The van der Waals surface area contributed by atoms with Crippen LogP contribution in [0, 0.1) is 5.92 Å². The van der Waals surface area contributed by atoms with Crippen LogP contribution in [0.2, 0.25) is 5.02 Å². The minimum atomic E-state index is 0.0965. The van der Waals surface area contributed by atoms with Gasteiger partial charge in [-0.1, -0.05) is 27.5 Å². The summed E-state index contributed by atoms with van der Waals surface area (Å²) in [6, 6.07) is 5.39. The maximum absolute atomic E-state index is 12.2. The molecule has 1 fully saturated rings. The van der Waals surface area contributed by atoms with E-state index in [1.807, 2.05) is 6.07 Å². The first-order chi connectivity index (χ1) is 10.1. The van der Waals surface area contributed by atoms with Gasteiger partial charge in [0.05, 0.1) is 11.6 Å². The standard InChI is InChI=1S/C16H21BrClNO2/c1-19(10-12-3-2-8-21-11-12)7-6-16(20)14-5-4-13(17)9-15(14)18/h4-5,9,12H,2-3,6-8,10-11H2,1H3. The Morgan fingerprint density at radius 1 is 1.52 bits per heavy atom. The number of benzene rings is 1. The third-order valence-corrected chi connectivity index (χ3v) is 4.58. The number of rotatable bonds is 6. The molecular formula is C16H21BrClNO2. The van der Waals surface area contributed by atoms with Gasteiger partial charge in [-0.3, -0.25) is 4.79 Å². The summed E-state index contributed by atoms with van der Waals surface area (Å²) in [5.74, 6) is 0.689. The molecule has 2 rings (SSSR count). The van der Waals surface area contributed by atoms with Crippen LogP contribution in [-0.4, -0.2) is 44.0 Å². The molecule has 1 aliphatic heterocycles. The number of carbonyl (C=O) groups excluding carboxylic acids is 1. The zero-order valence-electron chi connectivity index (χ0n) is 12.3. The maximum atomic E-state index is 12.2. The van der Waals surface area contributed by atoms with Crippen LogP contribution in [0.5, 0.6) is 0 Å². The molecule has 0 saturated carbocycles. The fourth-order valence-corrected chi connectivity index (χ4v) is 3.40. The summed E-state index contributed by atoms with van der Waals surface area (Å²) in [5, 5.41) is 0.512. The van der Waals surface area contributed by atoms with Crippen LogP contribution in [-0.2, 0) is 4.74 Å². The summed E-state index contributed by atoms with van der Waals surface area (Å²) in [6.45, 7) is 3.47. The van der Waals surface area contributed by atoms with Gasteiger partial charge in [0.25, 0.3) is 0 Å². The summed E-state index contributed by atoms with van der Waals surface area (Å²) in [6.07, 6.45) is 2.86. The molecule has 0 bridgehead atoms. The molecule has 0 N–H and O–H groups in total. The van der Waals surface area contributed by atoms with E-state index in [0.717, 1.165) is 37.2 Å². The molecule has 0 radical (unpaired) electrons. The van der Waals surface area contributed by atoms with Gasteiger partial charge in [0, 0.05) is 36.2 Å². The van der Waals surface area contributed by atoms with E-state index < -0.39 is 0 Å². The van der Waals surface area contributed by atoms with Crippen molar-refractivity contribution in [1.29, 1.82) is 0 Å². The van der Waals surface area contributed by atoms with E-state index in [9.17, 15) is 4.79 Å². The quantitative estimate of drug-likeness (QED) is 0.704. The molecule has 1 aromatic carbocycles. The van der Waals surface area contributed by atoms with Crippen molar-refractivity contribution in [3.63, 3.8) is 0 Å². The lowest BCUT2D eigenvalue weighted by Gasteiger charge is -2.26. The normalized spacial score (nSPS) is 19.0. The Morgan fingerprint density at radius 3 is 3.00 bits per heavy atom. The first-order valence-corrected chi connectivity index (χ1v) is 8.48. The zero-order valence-corrected chi connectivity index (χ0v) is 14.6. The van der Waals surface area contributed by atoms with Crippen molar-refractivity contribution < 1.29 is 9.53 Å². The number of Topliss-reactive ketones (excluding diaryl/α,β-unsaturated/α-hetero) is 1. The lowest BCUT2D eigenvalue weighted by atomic mass is 10.0. The minimum absolute atomic E-state index is 0.0965. The van der Waals surface area contributed by atoms with Crippen LogP contribution in [0.15, 0.2) is 22.7 Å². The predicted molar refractivity (Wildman–Crippen MR) is 89.1 cm³/mol. The largest absolute Gasteiger partial charge is 0.381 e. The van der Waals surface area contributed by atoms with Crippen molar-refractivity contribution in [3.8, 4) is 0 Å². The Bertz CT molecular complexity index is 489. The van der Waals surface area contributed by atoms with Gasteiger partial charge in [-0.15, -0.1) is 0 Å². The van der Waals surface area contributed by atoms with Crippen LogP contribution in [0.4, 0.5) is 0 Å². The number of hydrogen-bond acceptors (Lipinski definition) is 3. The van der Waals surface area contributed by atoms with Crippen LogP contribution in [0.25, 0.3) is 0 Å². The van der Waals surface area contributed by atoms with Crippen LogP contribution >= 0.6 is 27.5 Å². The molecule has 116 valence electrons. The van der Waals surface area contributed by atoms with Crippen molar-refractivity contribution in [2.75, 3.05) is 33.4 Å². The number of halogens is 2. The van der Waals surface area contributed by atoms with Crippen molar-refractivity contribution in [3.05, 3.63) is 33.3 Å². The summed E-state index contributed by atoms with van der Waals surface area (Å²) in [4.78, 5) is 14.4. The molecule has 0 amide bonds. The average Bonchev–Trinajstić information content (AvgIpc) is 2.46. The summed E-state index contributed by atoms with van der Waals surface area (Å²) in [7, 11) is 2.06. The Balaban J connectivity index is 1.80. The molecule has 1 heterocycles. The molecule has 0 aliphatic carbocycles. The van der Waals surface area contributed by atoms with Crippen molar-refractivity contribution >= 4 is 33.3 Å². The lowest BCUT2D eigenvalue weighted by Crippen LogP contribution is -2.32. The number of hydrogen-bond donors (Lipinski definition) is 0. The molecule has 1 aromatic rings. The molecule has 0 aromatic heterocycles. The van der Waals surface area contributed by atoms with E-state index in [4.69, 9.17) is 16.3 Å². The SMILES string of the molecule is CN(CCC(=O)c1ccc(Br)cc1Cl)CC1CCCOC1. The third kappa shape index (κ3) is 5.37. The predicted octanol–water partition coefficient (Wildman–Crippen LogP) is 4.03.